The van der Waals surface area contributed by atoms with Crippen molar-refractivity contribution < 1.29 is 25.4 Å². The molecule has 0 amide bonds. The molecule has 0 fully saturated rings. The van der Waals surface area contributed by atoms with E-state index in [2.05, 4.69) is 8.57 Å². The van der Waals surface area contributed by atoms with Gasteiger partial charge in [0.15, 0.2) is 10.3 Å². The Kier molecular flexibility index (Phi) is 6.43. The summed E-state index contributed by atoms with van der Waals surface area (Å²) >= 11 is 0. The Morgan fingerprint density at radius 2 is 1.59 bits per heavy atom. The quantitative estimate of drug-likeness (QED) is 0.452. The molecule has 1 aliphatic rings. The van der Waals surface area contributed by atoms with E-state index in [-0.39, 0.29) is 13.1 Å². The van der Waals surface area contributed by atoms with Gasteiger partial charge in [-0.25, -0.2) is 5.01 Å². The SMILES string of the molecule is CCN1C(S(=O)(=O)ON)C(S(=O)(=O)ON)=C(N)N(c2ccccc2)N1CC. The molecule has 6 N–H and O–H groups in total. The predicted octanol–water partition coefficient (Wildman–Crippen LogP) is -1.13. The van der Waals surface area contributed by atoms with E-state index in [1.54, 1.807) is 44.2 Å². The molecule has 0 spiro atoms. The largest absolute Gasteiger partial charge is 0.383 e. The third kappa shape index (κ3) is 3.78. The van der Waals surface area contributed by atoms with Crippen molar-refractivity contribution in [3.05, 3.63) is 41.1 Å². The van der Waals surface area contributed by atoms with Crippen LogP contribution in [0.3, 0.4) is 0 Å². The Hall–Kier alpha value is -1.78. The summed E-state index contributed by atoms with van der Waals surface area (Å²) in [5.41, 5.74) is 6.59. The van der Waals surface area contributed by atoms with Crippen LogP contribution in [-0.2, 0) is 28.8 Å². The average Bonchev–Trinajstić information content (AvgIpc) is 2.67. The highest BCUT2D eigenvalue weighted by Crippen LogP contribution is 2.35. The first-order valence-electron chi connectivity index (χ1n) is 7.80. The molecule has 27 heavy (non-hydrogen) atoms. The lowest BCUT2D eigenvalue weighted by molar-refractivity contribution is -0.0368. The van der Waals surface area contributed by atoms with E-state index in [0.29, 0.717) is 5.69 Å². The summed E-state index contributed by atoms with van der Waals surface area (Å²) < 4.78 is 58.0. The molecule has 0 aliphatic carbocycles. The van der Waals surface area contributed by atoms with Crippen molar-refractivity contribution in [3.63, 3.8) is 0 Å². The summed E-state index contributed by atoms with van der Waals surface area (Å²) in [5.74, 6) is 9.38. The standard InChI is InChI=1S/C13H22N6O6S2/c1-3-17-13(27(22,23)25-16)11(26(20,21)24-15)12(14)19(18(17)4-2)10-8-6-5-7-9-10/h5-9,13H,3-4,14-16H2,1-2H3. The molecule has 1 unspecified atom stereocenters. The molecule has 0 bridgehead atoms. The molecule has 2 rings (SSSR count). The Bertz CT molecular complexity index is 904. The molecule has 14 heteroatoms. The van der Waals surface area contributed by atoms with Crippen LogP contribution < -0.4 is 22.5 Å². The fourth-order valence-corrected chi connectivity index (χ4v) is 5.42. The zero-order valence-electron chi connectivity index (χ0n) is 14.7. The first kappa shape index (κ1) is 21.5. The molecule has 1 aromatic rings. The Balaban J connectivity index is 2.89. The number of likely N-dealkylation sites (N-methyl/N-ethyl adjacent to an activating group) is 1. The minimum Gasteiger partial charge on any atom is -0.383 e. The molecule has 12 nitrogen and oxygen atoms in total. The van der Waals surface area contributed by atoms with Gasteiger partial charge in [0.25, 0.3) is 0 Å². The van der Waals surface area contributed by atoms with E-state index in [9.17, 15) is 16.8 Å². The van der Waals surface area contributed by atoms with Crippen LogP contribution in [0.15, 0.2) is 41.1 Å². The van der Waals surface area contributed by atoms with E-state index >= 15 is 0 Å². The summed E-state index contributed by atoms with van der Waals surface area (Å²) in [6.45, 7) is 3.68. The summed E-state index contributed by atoms with van der Waals surface area (Å²) in [4.78, 5) is -0.800. The topological polar surface area (TPSA) is 175 Å². The molecular formula is C13H22N6O6S2. The number of anilines is 1. The Morgan fingerprint density at radius 1 is 1.00 bits per heavy atom. The van der Waals surface area contributed by atoms with Crippen LogP contribution in [0.5, 0.6) is 0 Å². The van der Waals surface area contributed by atoms with E-state index in [4.69, 9.17) is 17.5 Å². The van der Waals surface area contributed by atoms with Crippen LogP contribution in [0.1, 0.15) is 13.8 Å². The fraction of sp³-hybridized carbons (Fsp3) is 0.385. The first-order valence-corrected chi connectivity index (χ1v) is 10.7. The maximum Gasteiger partial charge on any atom is 0.315 e. The van der Waals surface area contributed by atoms with Crippen LogP contribution in [0.2, 0.25) is 0 Å². The van der Waals surface area contributed by atoms with Crippen molar-refractivity contribution in [2.45, 2.75) is 19.2 Å². The van der Waals surface area contributed by atoms with Crippen molar-refractivity contribution in [1.29, 1.82) is 0 Å². The normalized spacial score (nSPS) is 20.3. The van der Waals surface area contributed by atoms with Crippen molar-refractivity contribution in [1.82, 2.24) is 10.1 Å². The lowest BCUT2D eigenvalue weighted by Crippen LogP contribution is -2.65. The summed E-state index contributed by atoms with van der Waals surface area (Å²) in [7, 11) is -9.34. The maximum absolute atomic E-state index is 12.5. The van der Waals surface area contributed by atoms with Gasteiger partial charge in [0.2, 0.25) is 0 Å². The van der Waals surface area contributed by atoms with Crippen LogP contribution in [-0.4, -0.2) is 45.4 Å². The average molecular weight is 422 g/mol. The van der Waals surface area contributed by atoms with E-state index in [1.807, 2.05) is 0 Å². The number of nitrogens with zero attached hydrogens (tertiary/aromatic N) is 3. The van der Waals surface area contributed by atoms with Gasteiger partial charge in [-0.3, -0.25) is 0 Å². The van der Waals surface area contributed by atoms with Crippen LogP contribution in [0.4, 0.5) is 5.69 Å². The molecule has 0 aromatic heterocycles. The highest BCUT2D eigenvalue weighted by molar-refractivity contribution is 7.94. The van der Waals surface area contributed by atoms with Gasteiger partial charge in [-0.05, 0) is 19.1 Å². The smallest absolute Gasteiger partial charge is 0.315 e. The second-order valence-corrected chi connectivity index (χ2v) is 8.50. The highest BCUT2D eigenvalue weighted by Gasteiger charge is 2.51. The minimum absolute atomic E-state index is 0.0707. The van der Waals surface area contributed by atoms with Gasteiger partial charge in [0, 0.05) is 13.1 Å². The van der Waals surface area contributed by atoms with Crippen molar-refractivity contribution in [3.8, 4) is 0 Å². The maximum atomic E-state index is 12.5. The first-order chi connectivity index (χ1) is 12.7. The Labute approximate surface area is 157 Å². The molecular weight excluding hydrogens is 400 g/mol. The molecule has 152 valence electrons. The highest BCUT2D eigenvalue weighted by atomic mass is 32.2. The molecule has 1 aliphatic heterocycles. The van der Waals surface area contributed by atoms with Gasteiger partial charge in [0.05, 0.1) is 5.69 Å². The van der Waals surface area contributed by atoms with E-state index < -0.39 is 36.3 Å². The van der Waals surface area contributed by atoms with Gasteiger partial charge >= 0.3 is 20.2 Å². The number of nitrogens with two attached hydrogens (primary N) is 3. The lowest BCUT2D eigenvalue weighted by atomic mass is 10.3. The van der Waals surface area contributed by atoms with Crippen molar-refractivity contribution in [2.75, 3.05) is 18.1 Å². The molecule has 1 atom stereocenters. The minimum atomic E-state index is -4.72. The lowest BCUT2D eigenvalue weighted by Gasteiger charge is -2.49. The zero-order chi connectivity index (χ0) is 20.4. The van der Waals surface area contributed by atoms with Crippen LogP contribution >= 0.6 is 0 Å². The third-order valence-corrected chi connectivity index (χ3v) is 6.58. The summed E-state index contributed by atoms with van der Waals surface area (Å²) in [6, 6.07) is 8.53. The number of hydrazine groups is 2. The number of hydrogen-bond donors (Lipinski definition) is 3. The van der Waals surface area contributed by atoms with Gasteiger partial charge < -0.3 is 5.73 Å². The number of hydrogen-bond acceptors (Lipinski definition) is 12. The number of para-hydroxylation sites is 1. The monoisotopic (exact) mass is 422 g/mol. The molecule has 0 radical (unpaired) electrons. The van der Waals surface area contributed by atoms with Gasteiger partial charge in [0.1, 0.15) is 5.82 Å². The van der Waals surface area contributed by atoms with Gasteiger partial charge in [-0.1, -0.05) is 25.1 Å². The summed E-state index contributed by atoms with van der Waals surface area (Å²) in [5, 5.41) is 2.14. The number of benzene rings is 1. The molecule has 1 heterocycles. The van der Waals surface area contributed by atoms with Crippen molar-refractivity contribution >= 4 is 25.9 Å². The van der Waals surface area contributed by atoms with Crippen LogP contribution in [0.25, 0.3) is 0 Å². The van der Waals surface area contributed by atoms with E-state index in [1.165, 1.54) is 15.1 Å². The molecule has 0 saturated heterocycles. The second-order valence-electron chi connectivity index (χ2n) is 5.33. The van der Waals surface area contributed by atoms with E-state index in [0.717, 1.165) is 0 Å². The third-order valence-electron chi connectivity index (χ3n) is 3.91. The van der Waals surface area contributed by atoms with Gasteiger partial charge in [-0.2, -0.15) is 42.2 Å². The van der Waals surface area contributed by atoms with Crippen molar-refractivity contribution in [2.24, 2.45) is 17.5 Å². The number of rotatable bonds is 7. The van der Waals surface area contributed by atoms with Crippen LogP contribution in [0, 0.1) is 0 Å². The molecule has 1 aromatic carbocycles. The molecule has 0 saturated carbocycles. The zero-order valence-corrected chi connectivity index (χ0v) is 16.4. The fourth-order valence-electron chi connectivity index (χ4n) is 2.86. The predicted molar refractivity (Wildman–Crippen MR) is 97.1 cm³/mol. The second kappa shape index (κ2) is 8.07. The van der Waals surface area contributed by atoms with Gasteiger partial charge in [-0.15, -0.1) is 5.12 Å². The summed E-state index contributed by atoms with van der Waals surface area (Å²) in [6.07, 6.45) is 0. The Morgan fingerprint density at radius 3 is 2.04 bits per heavy atom.